The van der Waals surface area contributed by atoms with E-state index in [0.717, 1.165) is 5.69 Å². The Morgan fingerprint density at radius 3 is 1.46 bits per heavy atom. The van der Waals surface area contributed by atoms with Gasteiger partial charge in [-0.3, -0.25) is 0 Å². The van der Waals surface area contributed by atoms with Crippen molar-refractivity contribution in [2.45, 2.75) is 59.3 Å². The molecule has 7 aromatic carbocycles. The van der Waals surface area contributed by atoms with Crippen LogP contribution in [-0.4, -0.2) is 6.71 Å². The van der Waals surface area contributed by atoms with Crippen molar-refractivity contribution in [1.82, 2.24) is 0 Å². The van der Waals surface area contributed by atoms with Gasteiger partial charge in [0.25, 0.3) is 6.71 Å². The van der Waals surface area contributed by atoms with Crippen molar-refractivity contribution in [3.8, 4) is 22.3 Å². The van der Waals surface area contributed by atoms with Crippen molar-refractivity contribution in [3.05, 3.63) is 174 Å². The van der Waals surface area contributed by atoms with Crippen molar-refractivity contribution < 1.29 is 0 Å². The van der Waals surface area contributed by atoms with Gasteiger partial charge >= 0.3 is 0 Å². The summed E-state index contributed by atoms with van der Waals surface area (Å²) >= 11 is 0. The maximum atomic E-state index is 2.54. The first-order valence-corrected chi connectivity index (χ1v) is 19.3. The third-order valence-corrected chi connectivity index (χ3v) is 11.4. The van der Waals surface area contributed by atoms with Crippen molar-refractivity contribution in [2.24, 2.45) is 0 Å². The van der Waals surface area contributed by atoms with Gasteiger partial charge in [-0.15, -0.1) is 0 Å². The van der Waals surface area contributed by atoms with Crippen LogP contribution >= 0.6 is 0 Å². The Hall–Kier alpha value is -5.80. The van der Waals surface area contributed by atoms with Gasteiger partial charge in [0.1, 0.15) is 0 Å². The fourth-order valence-electron chi connectivity index (χ4n) is 8.56. The Balaban J connectivity index is 1.34. The molecule has 264 valence electrons. The highest BCUT2D eigenvalue weighted by molar-refractivity contribution is 7.00. The summed E-state index contributed by atoms with van der Waals surface area (Å²) in [5.74, 6) is 0. The normalized spacial score (nSPS) is 13.4. The van der Waals surface area contributed by atoms with Gasteiger partial charge in [0.2, 0.25) is 0 Å². The molecule has 0 amide bonds. The fourth-order valence-corrected chi connectivity index (χ4v) is 8.56. The Bertz CT molecular complexity index is 2460. The number of nitrogens with zero attached hydrogens (tertiary/aromatic N) is 2. The van der Waals surface area contributed by atoms with Gasteiger partial charge < -0.3 is 9.80 Å². The SMILES string of the molecule is Cc1cc2c3c(c1)N(c1ccc(C(C)(C)C)cc1)c1ccc(C(C)(C)C)cc1B3c1ccccc1N2c1cc(-c2ccccc2)cc(-c2ccccc2)c1. The van der Waals surface area contributed by atoms with E-state index in [-0.39, 0.29) is 17.5 Å². The lowest BCUT2D eigenvalue weighted by molar-refractivity contribution is 0.590. The zero-order chi connectivity index (χ0) is 37.4. The van der Waals surface area contributed by atoms with Gasteiger partial charge in [-0.05, 0) is 128 Å². The summed E-state index contributed by atoms with van der Waals surface area (Å²) in [6.45, 7) is 16.2. The van der Waals surface area contributed by atoms with Crippen LogP contribution in [0.15, 0.2) is 158 Å². The number of para-hydroxylation sites is 1. The molecule has 2 aliphatic rings. The molecule has 54 heavy (non-hydrogen) atoms. The molecular formula is C51H47BN2. The Morgan fingerprint density at radius 2 is 0.889 bits per heavy atom. The first-order chi connectivity index (χ1) is 26.0. The average Bonchev–Trinajstić information content (AvgIpc) is 3.17. The van der Waals surface area contributed by atoms with Gasteiger partial charge in [-0.25, -0.2) is 0 Å². The lowest BCUT2D eigenvalue weighted by Crippen LogP contribution is -2.61. The largest absolute Gasteiger partial charge is 0.311 e. The molecule has 9 rings (SSSR count). The molecule has 2 aliphatic heterocycles. The maximum Gasteiger partial charge on any atom is 0.252 e. The number of hydrogen-bond donors (Lipinski definition) is 0. The number of anilines is 6. The van der Waals surface area contributed by atoms with Crippen molar-refractivity contribution in [3.63, 3.8) is 0 Å². The molecule has 0 saturated carbocycles. The van der Waals surface area contributed by atoms with Gasteiger partial charge in [-0.1, -0.05) is 145 Å². The second-order valence-corrected chi connectivity index (χ2v) is 17.2. The zero-order valence-corrected chi connectivity index (χ0v) is 32.5. The van der Waals surface area contributed by atoms with E-state index in [4.69, 9.17) is 0 Å². The molecule has 0 radical (unpaired) electrons. The average molecular weight is 699 g/mol. The monoisotopic (exact) mass is 698 g/mol. The molecule has 0 aliphatic carbocycles. The highest BCUT2D eigenvalue weighted by atomic mass is 15.2. The van der Waals surface area contributed by atoms with Crippen LogP contribution in [0.2, 0.25) is 0 Å². The summed E-state index contributed by atoms with van der Waals surface area (Å²) in [4.78, 5) is 5.06. The molecule has 0 aromatic heterocycles. The highest BCUT2D eigenvalue weighted by Gasteiger charge is 2.43. The molecule has 0 N–H and O–H groups in total. The molecule has 0 atom stereocenters. The minimum atomic E-state index is 0.0105. The Kier molecular flexibility index (Phi) is 7.97. The Morgan fingerprint density at radius 1 is 0.389 bits per heavy atom. The van der Waals surface area contributed by atoms with Crippen LogP contribution < -0.4 is 26.2 Å². The van der Waals surface area contributed by atoms with Crippen LogP contribution in [0.4, 0.5) is 34.1 Å². The van der Waals surface area contributed by atoms with E-state index in [2.05, 4.69) is 216 Å². The van der Waals surface area contributed by atoms with Crippen LogP contribution in [0.25, 0.3) is 22.3 Å². The summed E-state index contributed by atoms with van der Waals surface area (Å²) in [6.07, 6.45) is 0. The molecular weight excluding hydrogens is 651 g/mol. The number of aryl methyl sites for hydroxylation is 1. The first-order valence-electron chi connectivity index (χ1n) is 19.3. The summed E-state index contributed by atoms with van der Waals surface area (Å²) in [6, 6.07) is 59.1. The predicted molar refractivity (Wildman–Crippen MR) is 233 cm³/mol. The summed E-state index contributed by atoms with van der Waals surface area (Å²) < 4.78 is 0. The molecule has 0 spiro atoms. The van der Waals surface area contributed by atoms with E-state index in [1.165, 1.54) is 83.8 Å². The van der Waals surface area contributed by atoms with Crippen LogP contribution in [-0.2, 0) is 10.8 Å². The standard InChI is InChI=1S/C51H47BN2/c1-34-28-47-49-48(29-34)54(42-31-37(35-16-10-8-11-17-35)30-38(32-42)36-18-12-9-13-19-36)45-21-15-14-20-43(45)52(49)44-33-40(51(5,6)7)24-27-46(44)53(47)41-25-22-39(23-26-41)50(2,3)4/h8-33H,1-7H3. The fraction of sp³-hybridized carbons (Fsp3) is 0.176. The summed E-state index contributed by atoms with van der Waals surface area (Å²) in [5.41, 5.74) is 20.2. The second kappa shape index (κ2) is 12.7. The molecule has 0 bridgehead atoms. The third kappa shape index (κ3) is 5.74. The van der Waals surface area contributed by atoms with Crippen LogP contribution in [0, 0.1) is 6.92 Å². The van der Waals surface area contributed by atoms with Crippen molar-refractivity contribution >= 4 is 57.2 Å². The molecule has 0 saturated heterocycles. The van der Waals surface area contributed by atoms with Crippen LogP contribution in [0.1, 0.15) is 58.2 Å². The summed E-state index contributed by atoms with van der Waals surface area (Å²) in [7, 11) is 0. The first kappa shape index (κ1) is 34.0. The molecule has 2 nitrogen and oxygen atoms in total. The molecule has 0 fully saturated rings. The molecule has 0 unspecified atom stereocenters. The van der Waals surface area contributed by atoms with Gasteiger partial charge in [0.05, 0.1) is 0 Å². The quantitative estimate of drug-likeness (QED) is 0.169. The van der Waals surface area contributed by atoms with E-state index in [1.807, 2.05) is 0 Å². The van der Waals surface area contributed by atoms with Crippen LogP contribution in [0.3, 0.4) is 0 Å². The lowest BCUT2D eigenvalue weighted by atomic mass is 9.33. The summed E-state index contributed by atoms with van der Waals surface area (Å²) in [5, 5.41) is 0. The van der Waals surface area contributed by atoms with E-state index in [1.54, 1.807) is 0 Å². The maximum absolute atomic E-state index is 2.54. The van der Waals surface area contributed by atoms with E-state index in [9.17, 15) is 0 Å². The number of rotatable bonds is 4. The second-order valence-electron chi connectivity index (χ2n) is 17.2. The van der Waals surface area contributed by atoms with Crippen molar-refractivity contribution in [2.75, 3.05) is 9.80 Å². The number of hydrogen-bond acceptors (Lipinski definition) is 2. The van der Waals surface area contributed by atoms with Crippen molar-refractivity contribution in [1.29, 1.82) is 0 Å². The van der Waals surface area contributed by atoms with Gasteiger partial charge in [-0.2, -0.15) is 0 Å². The number of benzene rings is 7. The lowest BCUT2D eigenvalue weighted by Gasteiger charge is -2.45. The molecule has 3 heteroatoms. The van der Waals surface area contributed by atoms with Crippen LogP contribution in [0.5, 0.6) is 0 Å². The molecule has 7 aromatic rings. The third-order valence-electron chi connectivity index (χ3n) is 11.4. The molecule has 2 heterocycles. The number of fused-ring (bicyclic) bond motifs is 4. The Labute approximate surface area is 321 Å². The highest BCUT2D eigenvalue weighted by Crippen LogP contribution is 2.46. The smallest absolute Gasteiger partial charge is 0.252 e. The predicted octanol–water partition coefficient (Wildman–Crippen LogP) is 12.0. The van der Waals surface area contributed by atoms with E-state index >= 15 is 0 Å². The zero-order valence-electron chi connectivity index (χ0n) is 32.5. The minimum absolute atomic E-state index is 0.0105. The van der Waals surface area contributed by atoms with Gasteiger partial charge in [0.15, 0.2) is 0 Å². The van der Waals surface area contributed by atoms with E-state index in [0.29, 0.717) is 0 Å². The van der Waals surface area contributed by atoms with Gasteiger partial charge in [0, 0.05) is 34.1 Å². The van der Waals surface area contributed by atoms with E-state index < -0.39 is 0 Å². The minimum Gasteiger partial charge on any atom is -0.311 e. The topological polar surface area (TPSA) is 6.48 Å².